The first-order valence-electron chi connectivity index (χ1n) is 12.1. The molecule has 2 aromatic carbocycles. The minimum atomic E-state index is -0.256. The first-order valence-corrected chi connectivity index (χ1v) is 12.4. The van der Waals surface area contributed by atoms with E-state index in [1.54, 1.807) is 47.6 Å². The number of carbonyl (C=O) groups is 2. The average molecular weight is 516 g/mol. The fraction of sp³-hybridized carbons (Fsp3) is 0.214. The first-order chi connectivity index (χ1) is 18.1. The number of hydrogen-bond acceptors (Lipinski definition) is 6. The summed E-state index contributed by atoms with van der Waals surface area (Å²) in [6, 6.07) is 24.0. The number of anilines is 1. The third-order valence-corrected chi connectivity index (χ3v) is 6.56. The Morgan fingerprint density at radius 2 is 1.62 bits per heavy atom. The second-order valence-electron chi connectivity index (χ2n) is 8.76. The topological polar surface area (TPSA) is 82.8 Å². The summed E-state index contributed by atoms with van der Waals surface area (Å²) in [6.07, 6.45) is 1.55. The molecule has 1 aliphatic rings. The Bertz CT molecular complexity index is 1320. The molecule has 1 saturated heterocycles. The van der Waals surface area contributed by atoms with Crippen molar-refractivity contribution in [3.8, 4) is 11.3 Å². The third-order valence-electron chi connectivity index (χ3n) is 6.31. The van der Waals surface area contributed by atoms with Crippen LogP contribution in [0.5, 0.6) is 0 Å². The maximum Gasteiger partial charge on any atom is 0.254 e. The number of furan rings is 1. The van der Waals surface area contributed by atoms with E-state index in [2.05, 4.69) is 15.1 Å². The largest absolute Gasteiger partial charge is 0.467 e. The Balaban J connectivity index is 1.21. The number of piperazine rings is 1. The van der Waals surface area contributed by atoms with Gasteiger partial charge in [0.15, 0.2) is 5.82 Å². The molecule has 37 heavy (non-hydrogen) atoms. The molecule has 3 heterocycles. The predicted octanol–water partition coefficient (Wildman–Crippen LogP) is 4.38. The van der Waals surface area contributed by atoms with Gasteiger partial charge in [0.1, 0.15) is 12.3 Å². The molecule has 0 unspecified atom stereocenters. The quantitative estimate of drug-likeness (QED) is 0.363. The highest BCUT2D eigenvalue weighted by Gasteiger charge is 2.26. The molecular weight excluding hydrogens is 490 g/mol. The molecule has 0 bridgehead atoms. The zero-order chi connectivity index (χ0) is 25.6. The van der Waals surface area contributed by atoms with Gasteiger partial charge in [-0.25, -0.2) is 0 Å². The van der Waals surface area contributed by atoms with Crippen molar-refractivity contribution in [1.82, 2.24) is 20.0 Å². The molecule has 1 aliphatic heterocycles. The number of aromatic nitrogens is 2. The SMILES string of the molecule is O=C(CN(Cc1ccco1)C(=O)c1ccc(Cl)cc1)N1CCN(c2ccc(-c3ccccc3)nn2)CC1. The van der Waals surface area contributed by atoms with Gasteiger partial charge in [-0.2, -0.15) is 0 Å². The van der Waals surface area contributed by atoms with Gasteiger partial charge >= 0.3 is 0 Å². The second-order valence-corrected chi connectivity index (χ2v) is 9.19. The van der Waals surface area contributed by atoms with Gasteiger partial charge in [0.25, 0.3) is 5.91 Å². The molecule has 4 aromatic rings. The second kappa shape index (κ2) is 11.3. The summed E-state index contributed by atoms with van der Waals surface area (Å²) in [7, 11) is 0. The van der Waals surface area contributed by atoms with Gasteiger partial charge in [-0.05, 0) is 48.5 Å². The van der Waals surface area contributed by atoms with Crippen LogP contribution in [0.3, 0.4) is 0 Å². The lowest BCUT2D eigenvalue weighted by Crippen LogP contribution is -2.52. The summed E-state index contributed by atoms with van der Waals surface area (Å²) in [5.74, 6) is 1.02. The van der Waals surface area contributed by atoms with Crippen LogP contribution in [0.1, 0.15) is 16.1 Å². The minimum Gasteiger partial charge on any atom is -0.467 e. The summed E-state index contributed by atoms with van der Waals surface area (Å²) in [5.41, 5.74) is 2.30. The van der Waals surface area contributed by atoms with E-state index in [-0.39, 0.29) is 24.9 Å². The third kappa shape index (κ3) is 5.98. The van der Waals surface area contributed by atoms with E-state index in [0.717, 1.165) is 17.1 Å². The maximum absolute atomic E-state index is 13.2. The van der Waals surface area contributed by atoms with Crippen molar-refractivity contribution in [3.05, 3.63) is 101 Å². The Morgan fingerprint density at radius 1 is 0.865 bits per heavy atom. The fourth-order valence-electron chi connectivity index (χ4n) is 4.27. The number of nitrogens with zero attached hydrogens (tertiary/aromatic N) is 5. The molecule has 0 saturated carbocycles. The molecule has 9 heteroatoms. The molecule has 0 radical (unpaired) electrons. The summed E-state index contributed by atoms with van der Waals surface area (Å²) in [4.78, 5) is 31.8. The molecule has 2 aromatic heterocycles. The number of benzene rings is 2. The van der Waals surface area contributed by atoms with Crippen molar-refractivity contribution in [1.29, 1.82) is 0 Å². The van der Waals surface area contributed by atoms with Crippen LogP contribution in [0.15, 0.2) is 89.5 Å². The fourth-order valence-corrected chi connectivity index (χ4v) is 4.40. The highest BCUT2D eigenvalue weighted by molar-refractivity contribution is 6.30. The van der Waals surface area contributed by atoms with Crippen molar-refractivity contribution < 1.29 is 14.0 Å². The van der Waals surface area contributed by atoms with Gasteiger partial charge in [-0.1, -0.05) is 41.9 Å². The molecule has 0 spiro atoms. The number of rotatable bonds is 7. The zero-order valence-electron chi connectivity index (χ0n) is 20.2. The molecule has 5 rings (SSSR count). The first kappa shape index (κ1) is 24.5. The van der Waals surface area contributed by atoms with E-state index >= 15 is 0 Å². The van der Waals surface area contributed by atoms with Crippen LogP contribution >= 0.6 is 11.6 Å². The maximum atomic E-state index is 13.2. The van der Waals surface area contributed by atoms with Crippen LogP contribution in [0.2, 0.25) is 5.02 Å². The smallest absolute Gasteiger partial charge is 0.254 e. The van der Waals surface area contributed by atoms with Crippen molar-refractivity contribution in [2.45, 2.75) is 6.54 Å². The standard InChI is InChI=1S/C28H26ClN5O3/c29-23-10-8-22(9-11-23)28(36)34(19-24-7-4-18-37-24)20-27(35)33-16-14-32(15-17-33)26-13-12-25(30-31-26)21-5-2-1-3-6-21/h1-13,18H,14-17,19-20H2. The van der Waals surface area contributed by atoms with Crippen molar-refractivity contribution in [2.24, 2.45) is 0 Å². The van der Waals surface area contributed by atoms with E-state index in [1.807, 2.05) is 42.5 Å². The Labute approximate surface area is 220 Å². The zero-order valence-corrected chi connectivity index (χ0v) is 20.9. The molecular formula is C28H26ClN5O3. The molecule has 0 aliphatic carbocycles. The molecule has 8 nitrogen and oxygen atoms in total. The van der Waals surface area contributed by atoms with Crippen LogP contribution in [0.4, 0.5) is 5.82 Å². The summed E-state index contributed by atoms with van der Waals surface area (Å²) in [5, 5.41) is 9.32. The van der Waals surface area contributed by atoms with Crippen LogP contribution < -0.4 is 4.90 Å². The van der Waals surface area contributed by atoms with Gasteiger partial charge in [-0.3, -0.25) is 9.59 Å². The number of amides is 2. The van der Waals surface area contributed by atoms with Gasteiger partial charge in [-0.15, -0.1) is 10.2 Å². The van der Waals surface area contributed by atoms with Crippen molar-refractivity contribution in [2.75, 3.05) is 37.6 Å². The average Bonchev–Trinajstić information content (AvgIpc) is 3.47. The van der Waals surface area contributed by atoms with Gasteiger partial charge in [0.05, 0.1) is 18.5 Å². The van der Waals surface area contributed by atoms with Crippen LogP contribution in [0, 0.1) is 0 Å². The minimum absolute atomic E-state index is 0.0479. The number of halogens is 1. The predicted molar refractivity (Wildman–Crippen MR) is 141 cm³/mol. The van der Waals surface area contributed by atoms with Gasteiger partial charge < -0.3 is 19.1 Å². The number of carbonyl (C=O) groups excluding carboxylic acids is 2. The van der Waals surface area contributed by atoms with Gasteiger partial charge in [0, 0.05) is 42.3 Å². The highest BCUT2D eigenvalue weighted by Crippen LogP contribution is 2.20. The van der Waals surface area contributed by atoms with E-state index in [0.29, 0.717) is 42.5 Å². The van der Waals surface area contributed by atoms with Crippen molar-refractivity contribution in [3.63, 3.8) is 0 Å². The molecule has 0 atom stereocenters. The number of hydrogen-bond donors (Lipinski definition) is 0. The molecule has 1 fully saturated rings. The van der Waals surface area contributed by atoms with E-state index < -0.39 is 0 Å². The Hall–Kier alpha value is -4.17. The van der Waals surface area contributed by atoms with E-state index in [1.165, 1.54) is 4.90 Å². The highest BCUT2D eigenvalue weighted by atomic mass is 35.5. The summed E-state index contributed by atoms with van der Waals surface area (Å²) in [6.45, 7) is 2.48. The summed E-state index contributed by atoms with van der Waals surface area (Å²) >= 11 is 5.98. The van der Waals surface area contributed by atoms with Gasteiger partial charge in [0.2, 0.25) is 5.91 Å². The molecule has 188 valence electrons. The molecule has 2 amide bonds. The molecule has 0 N–H and O–H groups in total. The van der Waals surface area contributed by atoms with E-state index in [9.17, 15) is 9.59 Å². The lowest BCUT2D eigenvalue weighted by molar-refractivity contribution is -0.132. The van der Waals surface area contributed by atoms with Crippen LogP contribution in [-0.4, -0.2) is 64.5 Å². The Morgan fingerprint density at radius 3 is 2.27 bits per heavy atom. The Kier molecular flexibility index (Phi) is 7.46. The normalized spacial score (nSPS) is 13.4. The van der Waals surface area contributed by atoms with E-state index in [4.69, 9.17) is 16.0 Å². The van der Waals surface area contributed by atoms with Crippen LogP contribution in [-0.2, 0) is 11.3 Å². The summed E-state index contributed by atoms with van der Waals surface area (Å²) < 4.78 is 5.44. The van der Waals surface area contributed by atoms with Crippen LogP contribution in [0.25, 0.3) is 11.3 Å². The lowest BCUT2D eigenvalue weighted by atomic mass is 10.1. The van der Waals surface area contributed by atoms with Crippen molar-refractivity contribution >= 4 is 29.2 Å². The monoisotopic (exact) mass is 515 g/mol. The lowest BCUT2D eigenvalue weighted by Gasteiger charge is -2.36.